The second-order valence-electron chi connectivity index (χ2n) is 4.97. The topological polar surface area (TPSA) is 108 Å². The van der Waals surface area contributed by atoms with Gasteiger partial charge >= 0.3 is 0 Å². The van der Waals surface area contributed by atoms with Gasteiger partial charge < -0.3 is 15.2 Å². The third-order valence-electron chi connectivity index (χ3n) is 3.05. The molecule has 24 heavy (non-hydrogen) atoms. The molecule has 0 amide bonds. The Morgan fingerprint density at radius 3 is 2.38 bits per heavy atom. The number of rotatable bonds is 7. The first-order valence-corrected chi connectivity index (χ1v) is 8.89. The van der Waals surface area contributed by atoms with Gasteiger partial charge in [-0.15, -0.1) is 0 Å². The lowest BCUT2D eigenvalue weighted by Gasteiger charge is -2.16. The number of carbonyl (C=O) groups is 1. The fourth-order valence-electron chi connectivity index (χ4n) is 2.04. The van der Waals surface area contributed by atoms with Crippen molar-refractivity contribution in [2.45, 2.75) is 0 Å². The van der Waals surface area contributed by atoms with E-state index in [-0.39, 0.29) is 35.1 Å². The Balaban J connectivity index is 2.55. The van der Waals surface area contributed by atoms with Gasteiger partial charge in [-0.05, 0) is 18.2 Å². The van der Waals surface area contributed by atoms with Gasteiger partial charge in [0.05, 0.1) is 31.2 Å². The number of para-hydroxylation sites is 1. The van der Waals surface area contributed by atoms with Crippen molar-refractivity contribution in [3.8, 4) is 17.2 Å². The SMILES string of the molecule is COc1cc(C(=O)CN)c(Oc2ccccc2)cc1NS(C)(=O)=O. The Kier molecular flexibility index (Phi) is 5.42. The van der Waals surface area contributed by atoms with Gasteiger partial charge in [0.2, 0.25) is 10.0 Å². The van der Waals surface area contributed by atoms with Crippen LogP contribution in [0.1, 0.15) is 10.4 Å². The van der Waals surface area contributed by atoms with E-state index in [2.05, 4.69) is 4.72 Å². The molecular formula is C16H18N2O5S. The molecule has 0 saturated carbocycles. The van der Waals surface area contributed by atoms with Crippen LogP contribution in [0.4, 0.5) is 5.69 Å². The normalized spacial score (nSPS) is 11.0. The monoisotopic (exact) mass is 350 g/mol. The van der Waals surface area contributed by atoms with Gasteiger partial charge in [0.15, 0.2) is 5.78 Å². The molecule has 0 atom stereocenters. The molecule has 0 spiro atoms. The molecule has 0 saturated heterocycles. The first-order chi connectivity index (χ1) is 11.3. The average molecular weight is 350 g/mol. The van der Waals surface area contributed by atoms with Crippen LogP contribution in [0.5, 0.6) is 17.2 Å². The van der Waals surface area contributed by atoms with E-state index >= 15 is 0 Å². The Labute approximate surface area is 140 Å². The fraction of sp³-hybridized carbons (Fsp3) is 0.188. The lowest BCUT2D eigenvalue weighted by Crippen LogP contribution is -2.16. The van der Waals surface area contributed by atoms with E-state index in [1.807, 2.05) is 6.07 Å². The zero-order valence-electron chi connectivity index (χ0n) is 13.3. The van der Waals surface area contributed by atoms with Crippen LogP contribution in [0.3, 0.4) is 0 Å². The minimum absolute atomic E-state index is 0.166. The van der Waals surface area contributed by atoms with Crippen LogP contribution in [0, 0.1) is 0 Å². The molecular weight excluding hydrogens is 332 g/mol. The molecule has 0 aliphatic carbocycles. The lowest BCUT2D eigenvalue weighted by atomic mass is 10.1. The molecule has 2 aromatic carbocycles. The maximum atomic E-state index is 12.1. The van der Waals surface area contributed by atoms with Crippen molar-refractivity contribution in [2.75, 3.05) is 24.6 Å². The predicted octanol–water partition coefficient (Wildman–Crippen LogP) is 2.00. The summed E-state index contributed by atoms with van der Waals surface area (Å²) in [5.74, 6) is 0.519. The number of ether oxygens (including phenoxy) is 2. The van der Waals surface area contributed by atoms with Gasteiger partial charge in [0.1, 0.15) is 17.2 Å². The number of benzene rings is 2. The number of nitrogens with one attached hydrogen (secondary N) is 1. The minimum Gasteiger partial charge on any atom is -0.495 e. The van der Waals surface area contributed by atoms with Gasteiger partial charge in [-0.2, -0.15) is 0 Å². The maximum Gasteiger partial charge on any atom is 0.229 e. The number of sulfonamides is 1. The average Bonchev–Trinajstić information content (AvgIpc) is 2.54. The maximum absolute atomic E-state index is 12.1. The molecule has 0 aliphatic rings. The third-order valence-corrected chi connectivity index (χ3v) is 3.64. The summed E-state index contributed by atoms with van der Waals surface area (Å²) in [6, 6.07) is 11.6. The van der Waals surface area contributed by atoms with Crippen LogP contribution >= 0.6 is 0 Å². The third kappa shape index (κ3) is 4.46. The van der Waals surface area contributed by atoms with E-state index in [1.54, 1.807) is 24.3 Å². The van der Waals surface area contributed by atoms with Gasteiger partial charge in [0, 0.05) is 6.07 Å². The summed E-state index contributed by atoms with van der Waals surface area (Å²) in [4.78, 5) is 12.1. The number of carbonyl (C=O) groups excluding carboxylic acids is 1. The minimum atomic E-state index is -3.53. The molecule has 0 radical (unpaired) electrons. The van der Waals surface area contributed by atoms with Crippen LogP contribution in [-0.2, 0) is 10.0 Å². The van der Waals surface area contributed by atoms with Crippen molar-refractivity contribution in [1.29, 1.82) is 0 Å². The highest BCUT2D eigenvalue weighted by Crippen LogP contribution is 2.36. The summed E-state index contributed by atoms with van der Waals surface area (Å²) < 4.78 is 36.3. The molecule has 8 heteroatoms. The van der Waals surface area contributed by atoms with Crippen molar-refractivity contribution in [3.05, 3.63) is 48.0 Å². The van der Waals surface area contributed by atoms with Crippen LogP contribution in [-0.4, -0.2) is 34.1 Å². The van der Waals surface area contributed by atoms with Crippen molar-refractivity contribution in [3.63, 3.8) is 0 Å². The molecule has 0 bridgehead atoms. The standard InChI is InChI=1S/C16H18N2O5S/c1-22-16-8-12(14(19)10-17)15(9-13(16)18-24(2,20)21)23-11-6-4-3-5-7-11/h3-9,18H,10,17H2,1-2H3. The quantitative estimate of drug-likeness (QED) is 0.740. The summed E-state index contributed by atoms with van der Waals surface area (Å²) in [5.41, 5.74) is 5.81. The molecule has 2 rings (SSSR count). The zero-order valence-corrected chi connectivity index (χ0v) is 14.1. The second kappa shape index (κ2) is 7.33. The molecule has 0 aromatic heterocycles. The molecule has 0 unspecified atom stereocenters. The lowest BCUT2D eigenvalue weighted by molar-refractivity contribution is 0.0999. The molecule has 0 fully saturated rings. The fourth-order valence-corrected chi connectivity index (χ4v) is 2.60. The van der Waals surface area contributed by atoms with E-state index in [9.17, 15) is 13.2 Å². The summed E-state index contributed by atoms with van der Waals surface area (Å²) in [7, 11) is -2.16. The first-order valence-electron chi connectivity index (χ1n) is 7.00. The van der Waals surface area contributed by atoms with Crippen LogP contribution < -0.4 is 19.9 Å². The Morgan fingerprint density at radius 2 is 1.83 bits per heavy atom. The molecule has 7 nitrogen and oxygen atoms in total. The number of ketones is 1. The van der Waals surface area contributed by atoms with E-state index in [0.29, 0.717) is 5.75 Å². The van der Waals surface area contributed by atoms with E-state index in [4.69, 9.17) is 15.2 Å². The Bertz CT molecular complexity index is 835. The smallest absolute Gasteiger partial charge is 0.229 e. The summed E-state index contributed by atoms with van der Waals surface area (Å²) in [6.45, 7) is -0.215. The number of anilines is 1. The first kappa shape index (κ1) is 17.8. The number of methoxy groups -OCH3 is 1. The van der Waals surface area contributed by atoms with Gasteiger partial charge in [-0.3, -0.25) is 9.52 Å². The van der Waals surface area contributed by atoms with Crippen LogP contribution in [0.25, 0.3) is 0 Å². The molecule has 2 aromatic rings. The highest BCUT2D eigenvalue weighted by atomic mass is 32.2. The van der Waals surface area contributed by atoms with Gasteiger partial charge in [-0.25, -0.2) is 8.42 Å². The molecule has 128 valence electrons. The van der Waals surface area contributed by atoms with Crippen LogP contribution in [0.2, 0.25) is 0 Å². The Morgan fingerprint density at radius 1 is 1.17 bits per heavy atom. The van der Waals surface area contributed by atoms with E-state index in [1.165, 1.54) is 19.2 Å². The van der Waals surface area contributed by atoms with Crippen molar-refractivity contribution in [1.82, 2.24) is 0 Å². The number of hydrogen-bond acceptors (Lipinski definition) is 6. The van der Waals surface area contributed by atoms with E-state index < -0.39 is 10.0 Å². The molecule has 3 N–H and O–H groups in total. The zero-order chi connectivity index (χ0) is 17.7. The number of nitrogens with two attached hydrogens (primary N) is 1. The van der Waals surface area contributed by atoms with Crippen molar-refractivity contribution >= 4 is 21.5 Å². The van der Waals surface area contributed by atoms with Gasteiger partial charge in [-0.1, -0.05) is 18.2 Å². The summed E-state index contributed by atoms with van der Waals surface area (Å²) in [5, 5.41) is 0. The predicted molar refractivity (Wildman–Crippen MR) is 91.4 cm³/mol. The number of Topliss-reactive ketones (excluding diaryl/α,β-unsaturated/α-hetero) is 1. The largest absolute Gasteiger partial charge is 0.495 e. The second-order valence-corrected chi connectivity index (χ2v) is 6.71. The molecule has 0 aliphatic heterocycles. The van der Waals surface area contributed by atoms with Crippen molar-refractivity contribution < 1.29 is 22.7 Å². The summed E-state index contributed by atoms with van der Waals surface area (Å²) in [6.07, 6.45) is 1.02. The molecule has 0 heterocycles. The number of hydrogen-bond donors (Lipinski definition) is 2. The van der Waals surface area contributed by atoms with Crippen LogP contribution in [0.15, 0.2) is 42.5 Å². The highest BCUT2D eigenvalue weighted by Gasteiger charge is 2.19. The van der Waals surface area contributed by atoms with Gasteiger partial charge in [0.25, 0.3) is 0 Å². The van der Waals surface area contributed by atoms with E-state index in [0.717, 1.165) is 6.26 Å². The summed E-state index contributed by atoms with van der Waals surface area (Å²) >= 11 is 0. The Hall–Kier alpha value is -2.58. The van der Waals surface area contributed by atoms with Crippen molar-refractivity contribution in [2.24, 2.45) is 5.73 Å². The highest BCUT2D eigenvalue weighted by molar-refractivity contribution is 7.92.